The molecule has 0 aliphatic carbocycles. The van der Waals surface area contributed by atoms with Gasteiger partial charge in [-0.05, 0) is 31.5 Å². The van der Waals surface area contributed by atoms with E-state index in [1.807, 2.05) is 25.1 Å². The third kappa shape index (κ3) is 7.14. The van der Waals surface area contributed by atoms with E-state index in [1.54, 1.807) is 13.2 Å². The molecule has 20 heavy (non-hydrogen) atoms. The molecule has 1 aromatic carbocycles. The summed E-state index contributed by atoms with van der Waals surface area (Å²) in [7, 11) is -1.65. The number of benzene rings is 1. The highest BCUT2D eigenvalue weighted by Gasteiger charge is 2.14. The highest BCUT2D eigenvalue weighted by atomic mass is 32.2. The van der Waals surface area contributed by atoms with E-state index in [4.69, 9.17) is 10.5 Å². The molecule has 1 rings (SSSR count). The fraction of sp³-hybridized carbons (Fsp3) is 0.538. The maximum Gasteiger partial charge on any atom is 0.212 e. The molecule has 0 amide bonds. The molecular formula is C13H22N2O3S2. The van der Waals surface area contributed by atoms with Gasteiger partial charge < -0.3 is 10.5 Å². The second kappa shape index (κ2) is 8.51. The number of anilines is 1. The first-order valence-electron chi connectivity index (χ1n) is 6.40. The molecular weight excluding hydrogens is 296 g/mol. The molecule has 0 saturated carbocycles. The number of nitrogen functional groups attached to an aromatic ring is 1. The molecule has 0 heterocycles. The summed E-state index contributed by atoms with van der Waals surface area (Å²) in [5.74, 6) is 0.583. The minimum absolute atomic E-state index is 0.0871. The van der Waals surface area contributed by atoms with Crippen molar-refractivity contribution in [3.63, 3.8) is 0 Å². The second-order valence-corrected chi connectivity index (χ2v) is 7.58. The van der Waals surface area contributed by atoms with E-state index < -0.39 is 10.0 Å². The first kappa shape index (κ1) is 17.3. The topological polar surface area (TPSA) is 81.4 Å². The summed E-state index contributed by atoms with van der Waals surface area (Å²) in [5, 5.41) is 0. The Morgan fingerprint density at radius 3 is 2.85 bits per heavy atom. The van der Waals surface area contributed by atoms with Crippen molar-refractivity contribution < 1.29 is 13.2 Å². The van der Waals surface area contributed by atoms with Crippen LogP contribution >= 0.6 is 11.8 Å². The zero-order valence-electron chi connectivity index (χ0n) is 11.8. The quantitative estimate of drug-likeness (QED) is 0.535. The number of ether oxygens (including phenoxy) is 1. The van der Waals surface area contributed by atoms with Crippen LogP contribution in [0.3, 0.4) is 0 Å². The molecule has 0 bridgehead atoms. The van der Waals surface area contributed by atoms with Crippen LogP contribution in [0.2, 0.25) is 0 Å². The average molecular weight is 318 g/mol. The molecule has 5 nitrogen and oxygen atoms in total. The zero-order chi connectivity index (χ0) is 15.0. The molecule has 0 spiro atoms. The van der Waals surface area contributed by atoms with Gasteiger partial charge in [-0.15, -0.1) is 11.8 Å². The maximum absolute atomic E-state index is 11.9. The predicted octanol–water partition coefficient (Wildman–Crippen LogP) is 1.71. The molecule has 0 aliphatic heterocycles. The molecule has 114 valence electrons. The van der Waals surface area contributed by atoms with Crippen LogP contribution in [0.1, 0.15) is 13.3 Å². The second-order valence-electron chi connectivity index (χ2n) is 4.54. The molecule has 7 heteroatoms. The Kier molecular flexibility index (Phi) is 7.36. The Bertz CT molecular complexity index is 506. The maximum atomic E-state index is 11.9. The lowest BCUT2D eigenvalue weighted by Crippen LogP contribution is -2.35. The lowest BCUT2D eigenvalue weighted by atomic mass is 10.3. The summed E-state index contributed by atoms with van der Waals surface area (Å²) in [4.78, 5) is 0.979. The van der Waals surface area contributed by atoms with Crippen molar-refractivity contribution in [2.24, 2.45) is 0 Å². The fourth-order valence-electron chi connectivity index (χ4n) is 1.59. The van der Waals surface area contributed by atoms with Crippen LogP contribution in [0.15, 0.2) is 29.2 Å². The summed E-state index contributed by atoms with van der Waals surface area (Å²) in [6.07, 6.45) is 0.665. The lowest BCUT2D eigenvalue weighted by Gasteiger charge is -2.13. The van der Waals surface area contributed by atoms with Crippen molar-refractivity contribution in [3.8, 4) is 0 Å². The summed E-state index contributed by atoms with van der Waals surface area (Å²) in [6.45, 7) is 2.38. The number of nitrogens with one attached hydrogen (secondary N) is 1. The van der Waals surface area contributed by atoms with Gasteiger partial charge in [0.15, 0.2) is 0 Å². The van der Waals surface area contributed by atoms with E-state index in [2.05, 4.69) is 4.72 Å². The summed E-state index contributed by atoms with van der Waals surface area (Å²) < 4.78 is 31.3. The molecule has 1 aromatic rings. The fourth-order valence-corrected chi connectivity index (χ4v) is 4.28. The van der Waals surface area contributed by atoms with Gasteiger partial charge in [0, 0.05) is 36.1 Å². The van der Waals surface area contributed by atoms with Gasteiger partial charge in [-0.3, -0.25) is 0 Å². The van der Waals surface area contributed by atoms with Gasteiger partial charge in [0.1, 0.15) is 0 Å². The Hall–Kier alpha value is -0.760. The molecule has 1 unspecified atom stereocenters. The molecule has 1 atom stereocenters. The van der Waals surface area contributed by atoms with Crippen molar-refractivity contribution in [2.45, 2.75) is 24.3 Å². The van der Waals surface area contributed by atoms with Crippen molar-refractivity contribution in [2.75, 3.05) is 31.0 Å². The number of thioether (sulfide) groups is 1. The van der Waals surface area contributed by atoms with Gasteiger partial charge in [0.2, 0.25) is 10.0 Å². The van der Waals surface area contributed by atoms with E-state index in [0.29, 0.717) is 24.5 Å². The Labute approximate surface area is 125 Å². The number of methoxy groups -OCH3 is 1. The van der Waals surface area contributed by atoms with Crippen LogP contribution in [-0.4, -0.2) is 39.7 Å². The summed E-state index contributed by atoms with van der Waals surface area (Å²) in [6, 6.07) is 7.31. The molecule has 0 fully saturated rings. The zero-order valence-corrected chi connectivity index (χ0v) is 13.5. The molecule has 0 radical (unpaired) electrons. The van der Waals surface area contributed by atoms with Crippen LogP contribution in [0, 0.1) is 0 Å². The van der Waals surface area contributed by atoms with Crippen molar-refractivity contribution in [1.29, 1.82) is 0 Å². The molecule has 0 aromatic heterocycles. The monoisotopic (exact) mass is 318 g/mol. The van der Waals surface area contributed by atoms with Gasteiger partial charge in [0.05, 0.1) is 5.75 Å². The highest BCUT2D eigenvalue weighted by Crippen LogP contribution is 2.20. The van der Waals surface area contributed by atoms with Crippen LogP contribution in [0.4, 0.5) is 5.69 Å². The SMILES string of the molecule is COCCC(C)NS(=O)(=O)CCSc1cccc(N)c1. The van der Waals surface area contributed by atoms with Gasteiger partial charge in [-0.25, -0.2) is 13.1 Å². The third-order valence-corrected chi connectivity index (χ3v) is 5.37. The summed E-state index contributed by atoms with van der Waals surface area (Å²) in [5.41, 5.74) is 6.36. The van der Waals surface area contributed by atoms with E-state index in [1.165, 1.54) is 11.8 Å². The Morgan fingerprint density at radius 1 is 1.45 bits per heavy atom. The van der Waals surface area contributed by atoms with Crippen LogP contribution in [0.5, 0.6) is 0 Å². The smallest absolute Gasteiger partial charge is 0.212 e. The standard InChI is InChI=1S/C13H22N2O3S2/c1-11(6-7-18-2)15-20(16,17)9-8-19-13-5-3-4-12(14)10-13/h3-5,10-11,15H,6-9,14H2,1-2H3. The predicted molar refractivity (Wildman–Crippen MR) is 84.5 cm³/mol. The Morgan fingerprint density at radius 2 is 2.20 bits per heavy atom. The number of hydrogen-bond acceptors (Lipinski definition) is 5. The first-order chi connectivity index (χ1) is 9.43. The van der Waals surface area contributed by atoms with Gasteiger partial charge in [-0.2, -0.15) is 0 Å². The van der Waals surface area contributed by atoms with Crippen LogP contribution in [0.25, 0.3) is 0 Å². The highest BCUT2D eigenvalue weighted by molar-refractivity contribution is 8.00. The Balaban J connectivity index is 2.36. The average Bonchev–Trinajstić information content (AvgIpc) is 2.35. The summed E-state index contributed by atoms with van der Waals surface area (Å²) >= 11 is 1.48. The number of nitrogens with two attached hydrogens (primary N) is 1. The minimum atomic E-state index is -3.25. The number of hydrogen-bond donors (Lipinski definition) is 2. The number of rotatable bonds is 9. The van der Waals surface area contributed by atoms with Crippen molar-refractivity contribution >= 4 is 27.5 Å². The minimum Gasteiger partial charge on any atom is -0.399 e. The third-order valence-electron chi connectivity index (χ3n) is 2.61. The number of sulfonamides is 1. The lowest BCUT2D eigenvalue weighted by molar-refractivity contribution is 0.188. The van der Waals surface area contributed by atoms with Crippen molar-refractivity contribution in [3.05, 3.63) is 24.3 Å². The van der Waals surface area contributed by atoms with Crippen LogP contribution in [-0.2, 0) is 14.8 Å². The first-order valence-corrected chi connectivity index (χ1v) is 9.04. The van der Waals surface area contributed by atoms with E-state index in [-0.39, 0.29) is 11.8 Å². The van der Waals surface area contributed by atoms with Crippen molar-refractivity contribution in [1.82, 2.24) is 4.72 Å². The largest absolute Gasteiger partial charge is 0.399 e. The van der Waals surface area contributed by atoms with Gasteiger partial charge in [0.25, 0.3) is 0 Å². The van der Waals surface area contributed by atoms with E-state index >= 15 is 0 Å². The van der Waals surface area contributed by atoms with Crippen LogP contribution < -0.4 is 10.5 Å². The van der Waals surface area contributed by atoms with E-state index in [0.717, 1.165) is 4.90 Å². The van der Waals surface area contributed by atoms with Gasteiger partial charge >= 0.3 is 0 Å². The van der Waals surface area contributed by atoms with Gasteiger partial charge in [-0.1, -0.05) is 6.07 Å². The molecule has 0 aliphatic rings. The molecule has 3 N–H and O–H groups in total. The molecule has 0 saturated heterocycles. The van der Waals surface area contributed by atoms with E-state index in [9.17, 15) is 8.42 Å². The normalized spacial score (nSPS) is 13.3.